The van der Waals surface area contributed by atoms with Crippen molar-refractivity contribution < 1.29 is 13.2 Å². The highest BCUT2D eigenvalue weighted by molar-refractivity contribution is 8.00. The molecule has 8 heteroatoms. The van der Waals surface area contributed by atoms with Gasteiger partial charge in [-0.2, -0.15) is 0 Å². The summed E-state index contributed by atoms with van der Waals surface area (Å²) in [6.45, 7) is 1.75. The summed E-state index contributed by atoms with van der Waals surface area (Å²) < 4.78 is 22.6. The maximum absolute atomic E-state index is 12.1. The molecule has 2 rings (SSSR count). The minimum absolute atomic E-state index is 0.0460. The molecule has 22 heavy (non-hydrogen) atoms. The molecule has 3 N–H and O–H groups in total. The predicted molar refractivity (Wildman–Crippen MR) is 86.0 cm³/mol. The summed E-state index contributed by atoms with van der Waals surface area (Å²) in [5.74, 6) is -0.248. The van der Waals surface area contributed by atoms with Crippen LogP contribution in [0.3, 0.4) is 0 Å². The molecule has 0 fully saturated rings. The monoisotopic (exact) mass is 337 g/mol. The van der Waals surface area contributed by atoms with Crippen LogP contribution in [-0.4, -0.2) is 24.6 Å². The molecular weight excluding hydrogens is 322 g/mol. The van der Waals surface area contributed by atoms with Crippen molar-refractivity contribution in [3.05, 3.63) is 48.7 Å². The number of nitrogens with zero attached hydrogens (tertiary/aromatic N) is 1. The second-order valence-electron chi connectivity index (χ2n) is 4.49. The number of nitrogens with one attached hydrogen (secondary N) is 1. The molecule has 0 saturated heterocycles. The number of hydrogen-bond donors (Lipinski definition) is 2. The molecule has 0 spiro atoms. The first-order chi connectivity index (χ1) is 10.4. The molecule has 1 atom stereocenters. The van der Waals surface area contributed by atoms with Crippen LogP contribution in [0.4, 0.5) is 5.69 Å². The van der Waals surface area contributed by atoms with Crippen molar-refractivity contribution in [1.82, 2.24) is 4.98 Å². The number of amides is 1. The number of carbonyl (C=O) groups excluding carboxylic acids is 1. The SMILES string of the molecule is C[C@H](Sc1ccccn1)C(=O)Nc1cccc(S(N)(=O)=O)c1. The highest BCUT2D eigenvalue weighted by Crippen LogP contribution is 2.22. The number of rotatable bonds is 5. The number of sulfonamides is 1. The van der Waals surface area contributed by atoms with E-state index in [-0.39, 0.29) is 16.1 Å². The molecule has 0 bridgehead atoms. The topological polar surface area (TPSA) is 102 Å². The van der Waals surface area contributed by atoms with Crippen molar-refractivity contribution in [2.24, 2.45) is 5.14 Å². The Balaban J connectivity index is 2.06. The van der Waals surface area contributed by atoms with E-state index in [1.807, 2.05) is 12.1 Å². The lowest BCUT2D eigenvalue weighted by molar-refractivity contribution is -0.115. The largest absolute Gasteiger partial charge is 0.325 e. The Hall–Kier alpha value is -1.90. The second-order valence-corrected chi connectivity index (χ2v) is 7.41. The average molecular weight is 337 g/mol. The summed E-state index contributed by atoms with van der Waals surface area (Å²) in [6.07, 6.45) is 1.66. The Bertz CT molecular complexity index is 764. The first kappa shape index (κ1) is 16.5. The first-order valence-electron chi connectivity index (χ1n) is 6.37. The van der Waals surface area contributed by atoms with Crippen molar-refractivity contribution in [3.63, 3.8) is 0 Å². The van der Waals surface area contributed by atoms with E-state index < -0.39 is 10.0 Å². The maximum Gasteiger partial charge on any atom is 0.238 e. The molecule has 0 aliphatic carbocycles. The number of benzene rings is 1. The summed E-state index contributed by atoms with van der Waals surface area (Å²) in [7, 11) is -3.80. The van der Waals surface area contributed by atoms with Gasteiger partial charge in [-0.15, -0.1) is 0 Å². The van der Waals surface area contributed by atoms with E-state index >= 15 is 0 Å². The van der Waals surface area contributed by atoms with E-state index in [0.29, 0.717) is 5.69 Å². The van der Waals surface area contributed by atoms with Gasteiger partial charge in [0.2, 0.25) is 15.9 Å². The Kier molecular flexibility index (Phi) is 5.17. The van der Waals surface area contributed by atoms with Crippen LogP contribution in [0.15, 0.2) is 58.6 Å². The third kappa shape index (κ3) is 4.55. The number of hydrogen-bond acceptors (Lipinski definition) is 5. The van der Waals surface area contributed by atoms with E-state index in [4.69, 9.17) is 5.14 Å². The van der Waals surface area contributed by atoms with E-state index in [2.05, 4.69) is 10.3 Å². The fourth-order valence-electron chi connectivity index (χ4n) is 1.65. The van der Waals surface area contributed by atoms with E-state index in [0.717, 1.165) is 5.03 Å². The van der Waals surface area contributed by atoms with Crippen molar-refractivity contribution in [1.29, 1.82) is 0 Å². The van der Waals surface area contributed by atoms with Gasteiger partial charge in [-0.05, 0) is 37.3 Å². The Morgan fingerprint density at radius 2 is 2.05 bits per heavy atom. The van der Waals surface area contributed by atoms with Crippen LogP contribution >= 0.6 is 11.8 Å². The zero-order valence-corrected chi connectivity index (χ0v) is 13.4. The number of carbonyl (C=O) groups is 1. The molecule has 116 valence electrons. The molecule has 0 radical (unpaired) electrons. The summed E-state index contributed by atoms with van der Waals surface area (Å²) in [5, 5.41) is 8.09. The van der Waals surface area contributed by atoms with Crippen LogP contribution in [-0.2, 0) is 14.8 Å². The van der Waals surface area contributed by atoms with E-state index in [1.165, 1.54) is 30.0 Å². The van der Waals surface area contributed by atoms with Gasteiger partial charge in [0, 0.05) is 11.9 Å². The Morgan fingerprint density at radius 1 is 1.27 bits per heavy atom. The van der Waals surface area contributed by atoms with Crippen molar-refractivity contribution in [3.8, 4) is 0 Å². The van der Waals surface area contributed by atoms with E-state index in [1.54, 1.807) is 25.3 Å². The quantitative estimate of drug-likeness (QED) is 0.811. The number of aromatic nitrogens is 1. The smallest absolute Gasteiger partial charge is 0.238 e. The normalized spacial score (nSPS) is 12.6. The molecule has 6 nitrogen and oxygen atoms in total. The van der Waals surface area contributed by atoms with Gasteiger partial charge in [0.05, 0.1) is 15.2 Å². The minimum Gasteiger partial charge on any atom is -0.325 e. The lowest BCUT2D eigenvalue weighted by Crippen LogP contribution is -2.22. The van der Waals surface area contributed by atoms with Crippen LogP contribution < -0.4 is 10.5 Å². The first-order valence-corrected chi connectivity index (χ1v) is 8.80. The van der Waals surface area contributed by atoms with Gasteiger partial charge in [0.25, 0.3) is 0 Å². The lowest BCUT2D eigenvalue weighted by Gasteiger charge is -2.12. The second kappa shape index (κ2) is 6.91. The molecule has 1 aromatic carbocycles. The van der Waals surface area contributed by atoms with Crippen molar-refractivity contribution in [2.45, 2.75) is 22.1 Å². The van der Waals surface area contributed by atoms with Crippen LogP contribution in [0.25, 0.3) is 0 Å². The third-order valence-electron chi connectivity index (χ3n) is 2.73. The highest BCUT2D eigenvalue weighted by Gasteiger charge is 2.16. The molecule has 1 amide bonds. The van der Waals surface area contributed by atoms with Gasteiger partial charge < -0.3 is 5.32 Å². The van der Waals surface area contributed by atoms with Crippen molar-refractivity contribution >= 4 is 33.4 Å². The fraction of sp³-hybridized carbons (Fsp3) is 0.143. The average Bonchev–Trinajstić information content (AvgIpc) is 2.47. The molecule has 2 aromatic rings. The summed E-state index contributed by atoms with van der Waals surface area (Å²) in [5.41, 5.74) is 0.380. The molecule has 1 aromatic heterocycles. The zero-order valence-electron chi connectivity index (χ0n) is 11.8. The highest BCUT2D eigenvalue weighted by atomic mass is 32.2. The fourth-order valence-corrected chi connectivity index (χ4v) is 3.01. The van der Waals surface area contributed by atoms with Crippen LogP contribution in [0.5, 0.6) is 0 Å². The van der Waals surface area contributed by atoms with Crippen molar-refractivity contribution in [2.75, 3.05) is 5.32 Å². The van der Waals surface area contributed by atoms with Gasteiger partial charge in [0.1, 0.15) is 0 Å². The third-order valence-corrected chi connectivity index (χ3v) is 4.70. The number of primary sulfonamides is 1. The van der Waals surface area contributed by atoms with Crippen LogP contribution in [0, 0.1) is 0 Å². The van der Waals surface area contributed by atoms with Gasteiger partial charge in [-0.25, -0.2) is 18.5 Å². The number of thioether (sulfide) groups is 1. The lowest BCUT2D eigenvalue weighted by atomic mass is 10.3. The maximum atomic E-state index is 12.1. The molecular formula is C14H15N3O3S2. The molecule has 1 heterocycles. The molecule has 0 unspecified atom stereocenters. The minimum atomic E-state index is -3.80. The summed E-state index contributed by atoms with van der Waals surface area (Å²) in [6, 6.07) is 11.3. The van der Waals surface area contributed by atoms with Gasteiger partial charge in [0.15, 0.2) is 0 Å². The molecule has 0 aliphatic rings. The number of pyridine rings is 1. The van der Waals surface area contributed by atoms with Crippen LogP contribution in [0.2, 0.25) is 0 Å². The molecule has 0 aliphatic heterocycles. The van der Waals surface area contributed by atoms with E-state index in [9.17, 15) is 13.2 Å². The number of nitrogens with two attached hydrogens (primary N) is 1. The predicted octanol–water partition coefficient (Wildman–Crippen LogP) is 1.85. The number of anilines is 1. The Morgan fingerprint density at radius 3 is 2.68 bits per heavy atom. The molecule has 0 saturated carbocycles. The Labute approximate surface area is 133 Å². The van der Waals surface area contributed by atoms with Gasteiger partial charge in [-0.1, -0.05) is 23.9 Å². The summed E-state index contributed by atoms with van der Waals surface area (Å²) >= 11 is 1.31. The zero-order chi connectivity index (χ0) is 16.2. The summed E-state index contributed by atoms with van der Waals surface area (Å²) in [4.78, 5) is 16.2. The standard InChI is InChI=1S/C14H15N3O3S2/c1-10(21-13-7-2-3-8-16-13)14(18)17-11-5-4-6-12(9-11)22(15,19)20/h2-10H,1H3,(H,17,18)(H2,15,19,20)/t10-/m0/s1. The van der Waals surface area contributed by atoms with Crippen LogP contribution in [0.1, 0.15) is 6.92 Å². The van der Waals surface area contributed by atoms with Gasteiger partial charge in [-0.3, -0.25) is 4.79 Å². The van der Waals surface area contributed by atoms with Gasteiger partial charge >= 0.3 is 0 Å².